The van der Waals surface area contributed by atoms with E-state index in [1.165, 1.54) is 19.3 Å². The fourth-order valence-electron chi connectivity index (χ4n) is 5.47. The summed E-state index contributed by atoms with van der Waals surface area (Å²) in [6, 6.07) is 14.2. The minimum atomic E-state index is -0.965. The molecule has 6 heteroatoms. The number of hydrogen-bond donors (Lipinski definition) is 1. The number of carbonyl (C=O) groups is 2. The van der Waals surface area contributed by atoms with E-state index in [2.05, 4.69) is 17.4 Å². The van der Waals surface area contributed by atoms with Gasteiger partial charge in [-0.3, -0.25) is 9.59 Å². The predicted molar refractivity (Wildman–Crippen MR) is 139 cm³/mol. The molecule has 0 saturated heterocycles. The molecular weight excluding hydrogens is 438 g/mol. The first-order valence-electron chi connectivity index (χ1n) is 13.4. The van der Waals surface area contributed by atoms with Gasteiger partial charge < -0.3 is 19.5 Å². The average Bonchev–Trinajstić information content (AvgIpc) is 3.24. The molecule has 1 aliphatic heterocycles. The predicted octanol–water partition coefficient (Wildman–Crippen LogP) is 5.41. The van der Waals surface area contributed by atoms with Crippen molar-refractivity contribution in [1.82, 2.24) is 14.8 Å². The third kappa shape index (κ3) is 5.80. The van der Waals surface area contributed by atoms with Crippen molar-refractivity contribution in [1.29, 1.82) is 0 Å². The fraction of sp³-hybridized carbons (Fsp3) is 0.586. The van der Waals surface area contributed by atoms with Gasteiger partial charge in [0.1, 0.15) is 11.2 Å². The minimum Gasteiger partial charge on any atom is -0.379 e. The third-order valence-corrected chi connectivity index (χ3v) is 7.48. The van der Waals surface area contributed by atoms with Crippen molar-refractivity contribution in [2.45, 2.75) is 96.4 Å². The fourth-order valence-corrected chi connectivity index (χ4v) is 5.47. The van der Waals surface area contributed by atoms with Crippen molar-refractivity contribution in [3.05, 3.63) is 48.2 Å². The van der Waals surface area contributed by atoms with Gasteiger partial charge in [-0.2, -0.15) is 0 Å². The van der Waals surface area contributed by atoms with Gasteiger partial charge in [0.2, 0.25) is 5.91 Å². The zero-order valence-electron chi connectivity index (χ0n) is 21.6. The number of fused-ring (bicyclic) bond motifs is 1. The molecule has 2 heterocycles. The van der Waals surface area contributed by atoms with Gasteiger partial charge in [-0.05, 0) is 57.7 Å². The minimum absolute atomic E-state index is 0.0421. The number of amides is 2. The summed E-state index contributed by atoms with van der Waals surface area (Å²) in [7, 11) is 0. The van der Waals surface area contributed by atoms with E-state index in [0.717, 1.165) is 36.9 Å². The molecule has 0 radical (unpaired) electrons. The van der Waals surface area contributed by atoms with Crippen LogP contribution in [-0.4, -0.2) is 52.1 Å². The Morgan fingerprint density at radius 2 is 1.69 bits per heavy atom. The Bertz CT molecular complexity index is 992. The van der Waals surface area contributed by atoms with E-state index < -0.39 is 5.54 Å². The van der Waals surface area contributed by atoms with Crippen LogP contribution in [0.5, 0.6) is 0 Å². The molecule has 1 aliphatic carbocycles. The van der Waals surface area contributed by atoms with Crippen molar-refractivity contribution < 1.29 is 14.3 Å². The van der Waals surface area contributed by atoms with Gasteiger partial charge in [0, 0.05) is 24.9 Å². The van der Waals surface area contributed by atoms with E-state index in [0.29, 0.717) is 31.8 Å². The standard InChI is InChI=1S/C29H41N3O3/c1-22(2)35-20-12-19-32-27(33)26-18-17-25(23-13-8-7-9-14-23)31(26)21-29(32,3)28(34)30-24-15-10-5-4-6-11-16-24/h7-9,13-14,17-18,22,24H,4-6,10-12,15-16,19-21H2,1-3H3,(H,30,34)/t29-/m1/s1. The highest BCUT2D eigenvalue weighted by molar-refractivity contribution is 6.00. The maximum absolute atomic E-state index is 13.9. The van der Waals surface area contributed by atoms with E-state index in [9.17, 15) is 9.59 Å². The molecule has 1 atom stereocenters. The molecule has 0 spiro atoms. The summed E-state index contributed by atoms with van der Waals surface area (Å²) in [4.78, 5) is 29.5. The van der Waals surface area contributed by atoms with E-state index in [1.807, 2.05) is 55.7 Å². The summed E-state index contributed by atoms with van der Waals surface area (Å²) in [6.07, 6.45) is 8.93. The first-order chi connectivity index (χ1) is 16.9. The van der Waals surface area contributed by atoms with Crippen LogP contribution in [0.1, 0.15) is 82.6 Å². The van der Waals surface area contributed by atoms with Gasteiger partial charge in [-0.25, -0.2) is 0 Å². The maximum Gasteiger partial charge on any atom is 0.271 e. The number of rotatable bonds is 8. The first-order valence-corrected chi connectivity index (χ1v) is 13.4. The molecule has 4 rings (SSSR count). The van der Waals surface area contributed by atoms with Crippen LogP contribution in [0.2, 0.25) is 0 Å². The van der Waals surface area contributed by atoms with E-state index in [-0.39, 0.29) is 24.0 Å². The molecule has 2 aliphatic rings. The van der Waals surface area contributed by atoms with E-state index in [1.54, 1.807) is 4.90 Å². The summed E-state index contributed by atoms with van der Waals surface area (Å²) in [6.45, 7) is 7.45. The maximum atomic E-state index is 13.9. The Morgan fingerprint density at radius 3 is 2.37 bits per heavy atom. The van der Waals surface area contributed by atoms with Crippen LogP contribution in [0, 0.1) is 0 Å². The first kappa shape index (κ1) is 25.5. The second-order valence-corrected chi connectivity index (χ2v) is 10.6. The van der Waals surface area contributed by atoms with Gasteiger partial charge >= 0.3 is 0 Å². The van der Waals surface area contributed by atoms with Crippen LogP contribution >= 0.6 is 0 Å². The van der Waals surface area contributed by atoms with Crippen LogP contribution in [0.25, 0.3) is 11.3 Å². The number of nitrogens with one attached hydrogen (secondary N) is 1. The smallest absolute Gasteiger partial charge is 0.271 e. The van der Waals surface area contributed by atoms with Gasteiger partial charge in [0.05, 0.1) is 12.6 Å². The summed E-state index contributed by atoms with van der Waals surface area (Å²) in [5.41, 5.74) is 1.70. The number of benzene rings is 1. The summed E-state index contributed by atoms with van der Waals surface area (Å²) in [5, 5.41) is 3.36. The average molecular weight is 480 g/mol. The lowest BCUT2D eigenvalue weighted by Gasteiger charge is -2.45. The van der Waals surface area contributed by atoms with Gasteiger partial charge in [0.15, 0.2) is 0 Å². The quantitative estimate of drug-likeness (QED) is 0.515. The summed E-state index contributed by atoms with van der Waals surface area (Å²) in [5.74, 6) is -0.127. The van der Waals surface area contributed by atoms with Crippen molar-refractivity contribution in [2.24, 2.45) is 0 Å². The summed E-state index contributed by atoms with van der Waals surface area (Å²) >= 11 is 0. The van der Waals surface area contributed by atoms with E-state index in [4.69, 9.17) is 4.74 Å². The van der Waals surface area contributed by atoms with Crippen LogP contribution in [-0.2, 0) is 16.1 Å². The van der Waals surface area contributed by atoms with E-state index >= 15 is 0 Å². The van der Waals surface area contributed by atoms with Crippen molar-refractivity contribution in [2.75, 3.05) is 13.2 Å². The highest BCUT2D eigenvalue weighted by Crippen LogP contribution is 2.33. The molecule has 2 amide bonds. The number of aromatic nitrogens is 1. The second kappa shape index (κ2) is 11.4. The zero-order valence-corrected chi connectivity index (χ0v) is 21.6. The molecule has 1 N–H and O–H groups in total. The molecule has 2 aromatic rings. The molecule has 35 heavy (non-hydrogen) atoms. The van der Waals surface area contributed by atoms with Crippen LogP contribution < -0.4 is 5.32 Å². The molecular formula is C29H41N3O3. The molecule has 6 nitrogen and oxygen atoms in total. The van der Waals surface area contributed by atoms with Crippen LogP contribution in [0.3, 0.4) is 0 Å². The number of ether oxygens (including phenoxy) is 1. The molecule has 190 valence electrons. The Balaban J connectivity index is 1.61. The molecule has 0 unspecified atom stereocenters. The molecule has 1 aromatic heterocycles. The number of carbonyl (C=O) groups excluding carboxylic acids is 2. The molecule has 0 bridgehead atoms. The normalized spacial score (nSPS) is 21.5. The lowest BCUT2D eigenvalue weighted by atomic mass is 9.91. The van der Waals surface area contributed by atoms with Crippen molar-refractivity contribution in [3.63, 3.8) is 0 Å². The van der Waals surface area contributed by atoms with Gasteiger partial charge in [0.25, 0.3) is 5.91 Å². The Morgan fingerprint density at radius 1 is 1.03 bits per heavy atom. The SMILES string of the molecule is CC(C)OCCCN1C(=O)c2ccc(-c3ccccc3)n2C[C@]1(C)C(=O)NC1CCCCCCC1. The second-order valence-electron chi connectivity index (χ2n) is 10.6. The van der Waals surface area contributed by atoms with Gasteiger partial charge in [-0.1, -0.05) is 62.4 Å². The Labute approximate surface area is 210 Å². The topological polar surface area (TPSA) is 63.6 Å². The molecule has 1 fully saturated rings. The Kier molecular flexibility index (Phi) is 8.32. The Hall–Kier alpha value is -2.60. The molecule has 1 saturated carbocycles. The highest BCUT2D eigenvalue weighted by Gasteiger charge is 2.47. The van der Waals surface area contributed by atoms with Crippen LogP contribution in [0.4, 0.5) is 0 Å². The lowest BCUT2D eigenvalue weighted by molar-refractivity contribution is -0.133. The number of nitrogens with zero attached hydrogens (tertiary/aromatic N) is 2. The summed E-state index contributed by atoms with van der Waals surface area (Å²) < 4.78 is 7.77. The largest absolute Gasteiger partial charge is 0.379 e. The zero-order chi connectivity index (χ0) is 24.8. The monoisotopic (exact) mass is 479 g/mol. The molecule has 1 aromatic carbocycles. The number of hydrogen-bond acceptors (Lipinski definition) is 3. The highest BCUT2D eigenvalue weighted by atomic mass is 16.5. The van der Waals surface area contributed by atoms with Gasteiger partial charge in [-0.15, -0.1) is 0 Å². The lowest BCUT2D eigenvalue weighted by Crippen LogP contribution is -2.65. The third-order valence-electron chi connectivity index (χ3n) is 7.48. The van der Waals surface area contributed by atoms with Crippen molar-refractivity contribution in [3.8, 4) is 11.3 Å². The van der Waals surface area contributed by atoms with Crippen molar-refractivity contribution >= 4 is 11.8 Å². The van der Waals surface area contributed by atoms with Crippen LogP contribution in [0.15, 0.2) is 42.5 Å².